The first-order valence-corrected chi connectivity index (χ1v) is 15.3. The Balaban J connectivity index is 1.52. The van der Waals surface area contributed by atoms with Gasteiger partial charge >= 0.3 is 148 Å². The number of hydrogen-bond acceptors (Lipinski definition) is 7. The molecule has 3 amide bonds. The Morgan fingerprint density at radius 1 is 1.17 bits per heavy atom. The van der Waals surface area contributed by atoms with E-state index in [1.54, 1.807) is 42.6 Å². The first-order valence-electron chi connectivity index (χ1n) is 11.0. The van der Waals surface area contributed by atoms with Crippen LogP contribution in [0.2, 0.25) is 0 Å². The van der Waals surface area contributed by atoms with Crippen LogP contribution in [0.1, 0.15) is 19.4 Å². The molecule has 0 radical (unpaired) electrons. The van der Waals surface area contributed by atoms with Crippen molar-refractivity contribution in [2.45, 2.75) is 24.3 Å². The molecule has 2 aromatic carbocycles. The Morgan fingerprint density at radius 2 is 1.94 bits per heavy atom. The summed E-state index contributed by atoms with van der Waals surface area (Å²) in [4.78, 5) is 28.5. The van der Waals surface area contributed by atoms with Crippen molar-refractivity contribution in [1.29, 1.82) is 5.26 Å². The van der Waals surface area contributed by atoms with Crippen molar-refractivity contribution in [3.8, 4) is 23.1 Å². The summed E-state index contributed by atoms with van der Waals surface area (Å²) in [5, 5.41) is 17.2. The van der Waals surface area contributed by atoms with Gasteiger partial charge in [-0.25, -0.2) is 4.98 Å². The van der Waals surface area contributed by atoms with Crippen molar-refractivity contribution < 1.29 is 23.5 Å². The van der Waals surface area contributed by atoms with Gasteiger partial charge in [-0.05, 0) is 12.1 Å². The second-order valence-electron chi connectivity index (χ2n) is 7.76. The molecule has 1 heterocycles. The van der Waals surface area contributed by atoms with Crippen LogP contribution in [-0.4, -0.2) is 37.2 Å². The monoisotopic (exact) mass is 605 g/mol. The number of oxazole rings is 1. The number of alkyl halides is 3. The Bertz CT molecular complexity index is 1210. The Morgan fingerprint density at radius 3 is 2.61 bits per heavy atom. The molecule has 11 heteroatoms. The zero-order valence-electron chi connectivity index (χ0n) is 20.2. The summed E-state index contributed by atoms with van der Waals surface area (Å²) in [6, 6.07) is 14.1. The molecular weight excluding hydrogens is 577 g/mol. The van der Waals surface area contributed by atoms with Gasteiger partial charge in [0.1, 0.15) is 5.75 Å². The molecule has 3 aromatic rings. The standard InChI is InChI=1S/C25H28IN5O5/c1-17(2)26(9-10-27)15-35-25(33)29-13-18-5-4-6-19(11-18)30-24(32)31-20-7-8-21(22(12-20)34-3)23-14-28-16-36-23/h4-8,11-12,14,16-17H,9,13,15H2,1-3H3,(H,29,33)(H2,30,31,32). The van der Waals surface area contributed by atoms with Gasteiger partial charge in [0.15, 0.2) is 12.2 Å². The fraction of sp³-hybridized carbons (Fsp3) is 0.280. The van der Waals surface area contributed by atoms with Gasteiger partial charge in [0.05, 0.1) is 18.9 Å². The number of anilines is 2. The molecule has 0 aliphatic rings. The average Bonchev–Trinajstić information content (AvgIpc) is 3.40. The van der Waals surface area contributed by atoms with Gasteiger partial charge in [0, 0.05) is 6.07 Å². The van der Waals surface area contributed by atoms with E-state index in [4.69, 9.17) is 19.2 Å². The zero-order valence-corrected chi connectivity index (χ0v) is 22.4. The van der Waals surface area contributed by atoms with Crippen molar-refractivity contribution in [2.24, 2.45) is 0 Å². The number of nitrogens with one attached hydrogen (secondary N) is 3. The van der Waals surface area contributed by atoms with Crippen molar-refractivity contribution >= 4 is 43.3 Å². The summed E-state index contributed by atoms with van der Waals surface area (Å²) in [5.74, 6) is 1.08. The molecule has 0 atom stereocenters. The molecule has 0 saturated carbocycles. The van der Waals surface area contributed by atoms with Gasteiger partial charge in [0.25, 0.3) is 0 Å². The smallest absolute Gasteiger partial charge is 0.181 e. The van der Waals surface area contributed by atoms with Gasteiger partial charge < -0.3 is 9.15 Å². The molecule has 190 valence electrons. The van der Waals surface area contributed by atoms with Gasteiger partial charge in [-0.15, -0.1) is 0 Å². The minimum atomic E-state index is -1.64. The van der Waals surface area contributed by atoms with Crippen LogP contribution in [0.5, 0.6) is 5.75 Å². The molecule has 0 aliphatic heterocycles. The maximum Gasteiger partial charge on any atom is 0.181 e. The second kappa shape index (κ2) is 13.3. The number of rotatable bonds is 10. The molecule has 3 rings (SSSR count). The van der Waals surface area contributed by atoms with Crippen LogP contribution in [-0.2, 0) is 11.3 Å². The van der Waals surface area contributed by atoms with Crippen molar-refractivity contribution in [3.63, 3.8) is 0 Å². The minimum Gasteiger partial charge on any atom is -0.443 e. The number of alkyl carbamates (subject to hydrolysis) is 1. The van der Waals surface area contributed by atoms with E-state index in [9.17, 15) is 9.59 Å². The van der Waals surface area contributed by atoms with E-state index in [0.29, 0.717) is 41.4 Å². The van der Waals surface area contributed by atoms with Crippen LogP contribution in [0.3, 0.4) is 0 Å². The Hall–Kier alpha value is -3.79. The molecule has 0 unspecified atom stereocenters. The van der Waals surface area contributed by atoms with E-state index >= 15 is 0 Å². The predicted molar refractivity (Wildman–Crippen MR) is 145 cm³/mol. The largest absolute Gasteiger partial charge is 0.443 e. The molecule has 10 nitrogen and oxygen atoms in total. The number of amides is 3. The molecule has 36 heavy (non-hydrogen) atoms. The van der Waals surface area contributed by atoms with E-state index in [0.717, 1.165) is 5.56 Å². The predicted octanol–water partition coefficient (Wildman–Crippen LogP) is 5.62. The maximum absolute atomic E-state index is 12.5. The summed E-state index contributed by atoms with van der Waals surface area (Å²) < 4.78 is 17.3. The van der Waals surface area contributed by atoms with Gasteiger partial charge in [-0.3, -0.25) is 0 Å². The van der Waals surface area contributed by atoms with Gasteiger partial charge in [-0.2, -0.15) is 0 Å². The van der Waals surface area contributed by atoms with E-state index in [-0.39, 0.29) is 6.54 Å². The number of nitrogens with zero attached hydrogens (tertiary/aromatic N) is 2. The first-order chi connectivity index (χ1) is 17.4. The van der Waals surface area contributed by atoms with E-state index in [1.165, 1.54) is 13.5 Å². The van der Waals surface area contributed by atoms with E-state index < -0.39 is 31.9 Å². The molecule has 1 aromatic heterocycles. The quantitative estimate of drug-likeness (QED) is 0.202. The summed E-state index contributed by atoms with van der Waals surface area (Å²) in [6.45, 7) is 4.36. The number of nitriles is 1. The molecular formula is C25H28IN5O5. The topological polar surface area (TPSA) is 139 Å². The molecule has 0 saturated heterocycles. The summed E-state index contributed by atoms with van der Waals surface area (Å²) in [5.41, 5.74) is 2.60. The average molecular weight is 605 g/mol. The summed E-state index contributed by atoms with van der Waals surface area (Å²) in [7, 11) is 1.53. The van der Waals surface area contributed by atoms with Crippen LogP contribution >= 0.6 is 19.8 Å². The van der Waals surface area contributed by atoms with Gasteiger partial charge in [-0.1, -0.05) is 0 Å². The Kier molecular flexibility index (Phi) is 9.93. The van der Waals surface area contributed by atoms with Crippen molar-refractivity contribution in [1.82, 2.24) is 10.3 Å². The third kappa shape index (κ3) is 7.88. The number of aromatic nitrogens is 1. The molecule has 0 bridgehead atoms. The Labute approximate surface area is 216 Å². The van der Waals surface area contributed by atoms with E-state index in [1.807, 2.05) is 6.07 Å². The zero-order chi connectivity index (χ0) is 25.9. The number of carbonyl (C=O) groups is 2. The molecule has 0 aliphatic carbocycles. The number of urea groups is 1. The van der Waals surface area contributed by atoms with E-state index in [2.05, 4.69) is 40.9 Å². The van der Waals surface area contributed by atoms with Gasteiger partial charge in [0.2, 0.25) is 0 Å². The van der Waals surface area contributed by atoms with Crippen LogP contribution in [0, 0.1) is 11.3 Å². The molecule has 0 fully saturated rings. The summed E-state index contributed by atoms with van der Waals surface area (Å²) in [6.07, 6.45) is 2.40. The van der Waals surface area contributed by atoms with Crippen molar-refractivity contribution in [3.05, 3.63) is 60.6 Å². The number of carbonyl (C=O) groups excluding carboxylic acids is 2. The van der Waals surface area contributed by atoms with Crippen LogP contribution in [0.4, 0.5) is 21.0 Å². The number of halogens is 1. The van der Waals surface area contributed by atoms with Crippen LogP contribution in [0.15, 0.2) is 59.5 Å². The molecule has 0 spiro atoms. The molecule has 3 N–H and O–H groups in total. The van der Waals surface area contributed by atoms with Crippen LogP contribution in [0.25, 0.3) is 11.3 Å². The first kappa shape index (κ1) is 26.8. The fourth-order valence-corrected chi connectivity index (χ4v) is 6.06. The number of hydrogen-bond donors (Lipinski definition) is 3. The second-order valence-corrected chi connectivity index (χ2v) is 14.5. The minimum absolute atomic E-state index is 0.240. The van der Waals surface area contributed by atoms with Crippen LogP contribution < -0.4 is 20.7 Å². The normalized spacial score (nSPS) is 10.8. The maximum atomic E-state index is 12.5. The number of methoxy groups -OCH3 is 1. The number of benzene rings is 2. The SMILES string of the molecule is COc1cc(NC(=O)Nc2cccc(CNC(=O)OCI(CC#N)C(C)C)c2)ccc1-c1cnco1. The fourth-order valence-electron chi connectivity index (χ4n) is 3.11. The third-order valence-corrected chi connectivity index (χ3v) is 10.9. The van der Waals surface area contributed by atoms with Crippen molar-refractivity contribution in [2.75, 3.05) is 26.8 Å². The number of ether oxygens (including phenoxy) is 2. The summed E-state index contributed by atoms with van der Waals surface area (Å²) >= 11 is -1.64. The third-order valence-electron chi connectivity index (χ3n) is 4.95.